The molecule has 2 heterocycles. The molecule has 0 unspecified atom stereocenters. The topological polar surface area (TPSA) is 38.8 Å². The molecule has 0 spiro atoms. The van der Waals surface area contributed by atoms with Gasteiger partial charge in [0, 0.05) is 23.1 Å². The second kappa shape index (κ2) is 10.1. The Morgan fingerprint density at radius 1 is 0.892 bits per heavy atom. The van der Waals surface area contributed by atoms with E-state index in [1.54, 1.807) is 18.2 Å². The van der Waals surface area contributed by atoms with Crippen molar-refractivity contribution in [2.45, 2.75) is 13.0 Å². The highest BCUT2D eigenvalue weighted by atomic mass is 35.5. The predicted molar refractivity (Wildman–Crippen MR) is 147 cm³/mol. The second-order valence-electron chi connectivity index (χ2n) is 9.16. The Labute approximate surface area is 225 Å². The molecule has 0 fully saturated rings. The molecule has 0 radical (unpaired) electrons. The van der Waals surface area contributed by atoms with E-state index in [0.29, 0.717) is 40.4 Å². The van der Waals surface area contributed by atoms with Gasteiger partial charge in [-0.3, -0.25) is 9.69 Å². The summed E-state index contributed by atoms with van der Waals surface area (Å²) in [6.45, 7) is 1.83. The van der Waals surface area contributed by atoms with Gasteiger partial charge in [-0.1, -0.05) is 83.9 Å². The lowest BCUT2D eigenvalue weighted by atomic mass is 10.0. The van der Waals surface area contributed by atoms with Gasteiger partial charge in [-0.15, -0.1) is 0 Å². The fourth-order valence-electron chi connectivity index (χ4n) is 4.70. The number of halogens is 2. The molecule has 2 aliphatic heterocycles. The predicted octanol–water partition coefficient (Wildman–Crippen LogP) is 7.67. The molecule has 4 nitrogen and oxygen atoms in total. The Bertz CT molecular complexity index is 1510. The van der Waals surface area contributed by atoms with Crippen LogP contribution in [0.1, 0.15) is 27.0 Å². The highest BCUT2D eigenvalue weighted by molar-refractivity contribution is 6.35. The van der Waals surface area contributed by atoms with Crippen molar-refractivity contribution in [1.82, 2.24) is 4.90 Å². The largest absolute Gasteiger partial charge is 0.478 e. The molecule has 0 atom stereocenters. The average molecular weight is 528 g/mol. The fourth-order valence-corrected chi connectivity index (χ4v) is 5.21. The number of ketones is 1. The van der Waals surface area contributed by atoms with Crippen LogP contribution in [0.5, 0.6) is 11.5 Å². The molecule has 0 saturated heterocycles. The van der Waals surface area contributed by atoms with E-state index in [1.165, 1.54) is 0 Å². The zero-order chi connectivity index (χ0) is 25.4. The zero-order valence-corrected chi connectivity index (χ0v) is 21.4. The summed E-state index contributed by atoms with van der Waals surface area (Å²) in [6.07, 6.45) is 2.56. The Morgan fingerprint density at radius 2 is 1.68 bits per heavy atom. The lowest BCUT2D eigenvalue weighted by molar-refractivity contribution is 0.0950. The van der Waals surface area contributed by atoms with Crippen LogP contribution in [0.2, 0.25) is 10.0 Å². The molecule has 37 heavy (non-hydrogen) atoms. The molecule has 4 aromatic rings. The van der Waals surface area contributed by atoms with Crippen LogP contribution in [-0.2, 0) is 13.0 Å². The quantitative estimate of drug-likeness (QED) is 0.249. The van der Waals surface area contributed by atoms with Gasteiger partial charge in [0.2, 0.25) is 5.78 Å². The van der Waals surface area contributed by atoms with Crippen molar-refractivity contribution >= 4 is 35.1 Å². The summed E-state index contributed by atoms with van der Waals surface area (Å²) in [5.41, 5.74) is 5.67. The lowest BCUT2D eigenvalue weighted by Gasteiger charge is -2.29. The number of hydrogen-bond acceptors (Lipinski definition) is 4. The van der Waals surface area contributed by atoms with Crippen molar-refractivity contribution in [3.05, 3.63) is 123 Å². The van der Waals surface area contributed by atoms with Crippen molar-refractivity contribution in [3.8, 4) is 22.6 Å². The summed E-state index contributed by atoms with van der Waals surface area (Å²) in [5, 5.41) is 1.28. The summed E-state index contributed by atoms with van der Waals surface area (Å²) in [5.74, 6) is 1.54. The van der Waals surface area contributed by atoms with Gasteiger partial charge in [0.1, 0.15) is 18.2 Å². The SMILES string of the molecule is O=C1/C(=C/c2ccc(-c3ccccc3)cc2)Oc2c1ccc1c2CN(CCc2ccc(Cl)cc2Cl)CO1. The van der Waals surface area contributed by atoms with E-state index in [9.17, 15) is 4.79 Å². The molecule has 0 N–H and O–H groups in total. The standard InChI is InChI=1S/C31H23Cl2NO3/c32-24-11-10-23(27(33)17-24)14-15-34-18-26-28(36-19-34)13-12-25-30(35)29(37-31(25)26)16-20-6-8-22(9-7-20)21-4-2-1-3-5-21/h1-13,16-17H,14-15,18-19H2/b29-16-. The van der Waals surface area contributed by atoms with Gasteiger partial charge in [0.05, 0.1) is 11.1 Å². The third-order valence-electron chi connectivity index (χ3n) is 6.71. The minimum atomic E-state index is -0.116. The van der Waals surface area contributed by atoms with E-state index >= 15 is 0 Å². The van der Waals surface area contributed by atoms with Crippen LogP contribution in [0.4, 0.5) is 0 Å². The van der Waals surface area contributed by atoms with Crippen molar-refractivity contribution in [2.75, 3.05) is 13.3 Å². The number of carbonyl (C=O) groups excluding carboxylic acids is 1. The molecular formula is C31H23Cl2NO3. The molecular weight excluding hydrogens is 505 g/mol. The maximum Gasteiger partial charge on any atom is 0.231 e. The smallest absolute Gasteiger partial charge is 0.231 e. The number of benzene rings is 4. The highest BCUT2D eigenvalue weighted by Crippen LogP contribution is 2.42. The van der Waals surface area contributed by atoms with E-state index in [4.69, 9.17) is 32.7 Å². The van der Waals surface area contributed by atoms with Crippen molar-refractivity contribution in [2.24, 2.45) is 0 Å². The third kappa shape index (κ3) is 4.88. The zero-order valence-electron chi connectivity index (χ0n) is 19.9. The first kappa shape index (κ1) is 23.8. The molecule has 0 aromatic heterocycles. The Morgan fingerprint density at radius 3 is 2.46 bits per heavy atom. The van der Waals surface area contributed by atoms with E-state index in [2.05, 4.69) is 29.2 Å². The molecule has 0 bridgehead atoms. The molecule has 0 aliphatic carbocycles. The van der Waals surface area contributed by atoms with E-state index in [-0.39, 0.29) is 5.78 Å². The third-order valence-corrected chi connectivity index (χ3v) is 7.30. The first-order valence-corrected chi connectivity index (χ1v) is 12.9. The molecule has 6 rings (SSSR count). The van der Waals surface area contributed by atoms with Gasteiger partial charge in [-0.2, -0.15) is 0 Å². The lowest BCUT2D eigenvalue weighted by Crippen LogP contribution is -2.33. The molecule has 2 aliphatic rings. The summed E-state index contributed by atoms with van der Waals surface area (Å²) in [7, 11) is 0. The van der Waals surface area contributed by atoms with Crippen LogP contribution >= 0.6 is 23.2 Å². The minimum Gasteiger partial charge on any atom is -0.478 e. The van der Waals surface area contributed by atoms with Gasteiger partial charge < -0.3 is 9.47 Å². The van der Waals surface area contributed by atoms with Crippen LogP contribution in [0, 0.1) is 0 Å². The van der Waals surface area contributed by atoms with Crippen LogP contribution < -0.4 is 9.47 Å². The Balaban J connectivity index is 1.19. The number of Topliss-reactive ketones (excluding diaryl/α,β-unsaturated/α-hetero) is 1. The highest BCUT2D eigenvalue weighted by Gasteiger charge is 2.33. The van der Waals surface area contributed by atoms with Gasteiger partial charge in [-0.25, -0.2) is 0 Å². The maximum absolute atomic E-state index is 13.2. The van der Waals surface area contributed by atoms with Gasteiger partial charge >= 0.3 is 0 Å². The van der Waals surface area contributed by atoms with Crippen LogP contribution in [0.3, 0.4) is 0 Å². The number of nitrogens with zero attached hydrogens (tertiary/aromatic N) is 1. The first-order chi connectivity index (χ1) is 18.0. The summed E-state index contributed by atoms with van der Waals surface area (Å²) >= 11 is 12.4. The molecule has 184 valence electrons. The van der Waals surface area contributed by atoms with Gasteiger partial charge in [0.25, 0.3) is 0 Å². The van der Waals surface area contributed by atoms with Crippen LogP contribution in [-0.4, -0.2) is 24.0 Å². The number of ether oxygens (including phenoxy) is 2. The second-order valence-corrected chi connectivity index (χ2v) is 10.0. The number of fused-ring (bicyclic) bond motifs is 3. The number of carbonyl (C=O) groups is 1. The monoisotopic (exact) mass is 527 g/mol. The summed E-state index contributed by atoms with van der Waals surface area (Å²) < 4.78 is 12.2. The number of hydrogen-bond donors (Lipinski definition) is 0. The van der Waals surface area contributed by atoms with Crippen LogP contribution in [0.15, 0.2) is 90.7 Å². The molecule has 0 amide bonds. The van der Waals surface area contributed by atoms with Crippen molar-refractivity contribution in [1.29, 1.82) is 0 Å². The molecule has 6 heteroatoms. The van der Waals surface area contributed by atoms with Gasteiger partial charge in [0.15, 0.2) is 5.76 Å². The van der Waals surface area contributed by atoms with Crippen molar-refractivity contribution in [3.63, 3.8) is 0 Å². The van der Waals surface area contributed by atoms with E-state index in [1.807, 2.05) is 48.5 Å². The summed E-state index contributed by atoms with van der Waals surface area (Å²) in [4.78, 5) is 15.3. The Kier molecular flexibility index (Phi) is 6.47. The normalized spacial score (nSPS) is 15.7. The summed E-state index contributed by atoms with van der Waals surface area (Å²) in [6, 6.07) is 27.5. The van der Waals surface area contributed by atoms with Gasteiger partial charge in [-0.05, 0) is 59.0 Å². The molecule has 0 saturated carbocycles. The minimum absolute atomic E-state index is 0.116. The average Bonchev–Trinajstić information content (AvgIpc) is 3.24. The maximum atomic E-state index is 13.2. The van der Waals surface area contributed by atoms with Crippen molar-refractivity contribution < 1.29 is 14.3 Å². The van der Waals surface area contributed by atoms with Crippen LogP contribution in [0.25, 0.3) is 17.2 Å². The molecule has 4 aromatic carbocycles. The Hall–Kier alpha value is -3.57. The van der Waals surface area contributed by atoms with E-state index < -0.39 is 0 Å². The van der Waals surface area contributed by atoms with E-state index in [0.717, 1.165) is 46.5 Å². The number of rotatable bonds is 5. The fraction of sp³-hybridized carbons (Fsp3) is 0.129. The first-order valence-electron chi connectivity index (χ1n) is 12.1. The number of allylic oxidation sites excluding steroid dienone is 1.